The van der Waals surface area contributed by atoms with E-state index in [0.29, 0.717) is 5.17 Å². The van der Waals surface area contributed by atoms with Crippen LogP contribution in [-0.2, 0) is 9.59 Å². The molecule has 5 nitrogen and oxygen atoms in total. The van der Waals surface area contributed by atoms with Gasteiger partial charge in [0.2, 0.25) is 11.8 Å². The van der Waals surface area contributed by atoms with Crippen molar-refractivity contribution in [2.24, 2.45) is 4.99 Å². The normalized spacial score (nSPS) is 17.2. The molecule has 1 aliphatic rings. The van der Waals surface area contributed by atoms with Crippen molar-refractivity contribution in [3.63, 3.8) is 0 Å². The van der Waals surface area contributed by atoms with Crippen molar-refractivity contribution in [3.8, 4) is 0 Å². The van der Waals surface area contributed by atoms with Gasteiger partial charge in [-0.1, -0.05) is 65.9 Å². The zero-order chi connectivity index (χ0) is 21.8. The number of amidine groups is 1. The predicted octanol–water partition coefficient (Wildman–Crippen LogP) is 5.47. The summed E-state index contributed by atoms with van der Waals surface area (Å²) < 4.78 is 0. The van der Waals surface area contributed by atoms with E-state index < -0.39 is 5.25 Å². The topological polar surface area (TPSA) is 61.8 Å². The second-order valence-corrected chi connectivity index (χ2v) is 8.59. The molecular weight excluding hydrogens is 406 g/mol. The number of benzene rings is 3. The second kappa shape index (κ2) is 9.18. The number of aliphatic imine (C=N–C) groups is 1. The van der Waals surface area contributed by atoms with Crippen LogP contribution in [0.4, 0.5) is 17.1 Å². The minimum Gasteiger partial charge on any atom is -0.326 e. The number of carbonyl (C=O) groups excluding carboxylic acids is 2. The summed E-state index contributed by atoms with van der Waals surface area (Å²) in [5, 5.41) is 2.98. The lowest BCUT2D eigenvalue weighted by Crippen LogP contribution is -2.33. The molecule has 0 unspecified atom stereocenters. The van der Waals surface area contributed by atoms with Crippen LogP contribution in [0.3, 0.4) is 0 Å². The van der Waals surface area contributed by atoms with E-state index >= 15 is 0 Å². The Hall–Kier alpha value is -3.38. The smallest absolute Gasteiger partial charge is 0.247 e. The molecule has 3 aromatic rings. The molecule has 1 N–H and O–H groups in total. The standard InChI is InChI=1S/C25H23N3O2S/c1-17-13-14-21(18(2)15-17)27-23(29)16-22-24(30)28(20-11-7-4-8-12-20)25(31-22)26-19-9-5-3-6-10-19/h3-15,22H,16H2,1-2H3,(H,27,29)/t22-/m0/s1. The Morgan fingerprint density at radius 2 is 1.68 bits per heavy atom. The molecule has 1 heterocycles. The van der Waals surface area contributed by atoms with E-state index in [-0.39, 0.29) is 18.2 Å². The first kappa shape index (κ1) is 20.9. The highest BCUT2D eigenvalue weighted by molar-refractivity contribution is 8.16. The van der Waals surface area contributed by atoms with Crippen molar-refractivity contribution < 1.29 is 9.59 Å². The van der Waals surface area contributed by atoms with Crippen LogP contribution in [0.2, 0.25) is 0 Å². The number of thioether (sulfide) groups is 1. The maximum atomic E-state index is 13.3. The molecule has 3 aromatic carbocycles. The van der Waals surface area contributed by atoms with Crippen LogP contribution in [0.1, 0.15) is 17.5 Å². The Bertz CT molecular complexity index is 1130. The summed E-state index contributed by atoms with van der Waals surface area (Å²) in [4.78, 5) is 32.3. The number of amides is 2. The Balaban J connectivity index is 1.56. The molecule has 156 valence electrons. The van der Waals surface area contributed by atoms with E-state index in [1.807, 2.05) is 92.7 Å². The molecular formula is C25H23N3O2S. The SMILES string of the molecule is Cc1ccc(NC(=O)C[C@@H]2SC(=Nc3ccccc3)N(c3ccccc3)C2=O)c(C)c1. The number of nitrogens with one attached hydrogen (secondary N) is 1. The molecule has 1 saturated heterocycles. The Morgan fingerprint density at radius 1 is 1.00 bits per heavy atom. The molecule has 0 saturated carbocycles. The van der Waals surface area contributed by atoms with Gasteiger partial charge in [-0.2, -0.15) is 0 Å². The highest BCUT2D eigenvalue weighted by Crippen LogP contribution is 2.35. The number of hydrogen-bond donors (Lipinski definition) is 1. The first-order valence-electron chi connectivity index (χ1n) is 10.1. The highest BCUT2D eigenvalue weighted by atomic mass is 32.2. The second-order valence-electron chi connectivity index (χ2n) is 7.42. The van der Waals surface area contributed by atoms with Gasteiger partial charge in [0.25, 0.3) is 0 Å². The summed E-state index contributed by atoms with van der Waals surface area (Å²) in [5.41, 5.74) is 4.41. The number of carbonyl (C=O) groups is 2. The van der Waals surface area contributed by atoms with Crippen molar-refractivity contribution in [1.29, 1.82) is 0 Å². The maximum absolute atomic E-state index is 13.3. The lowest BCUT2D eigenvalue weighted by atomic mass is 10.1. The average Bonchev–Trinajstić information content (AvgIpc) is 3.06. The first-order chi connectivity index (χ1) is 15.0. The van der Waals surface area contributed by atoms with Gasteiger partial charge in [-0.15, -0.1) is 0 Å². The fourth-order valence-electron chi connectivity index (χ4n) is 3.43. The molecule has 0 aromatic heterocycles. The van der Waals surface area contributed by atoms with Gasteiger partial charge in [0.05, 0.1) is 11.4 Å². The quantitative estimate of drug-likeness (QED) is 0.585. The number of para-hydroxylation sites is 2. The van der Waals surface area contributed by atoms with E-state index in [4.69, 9.17) is 0 Å². The number of nitrogens with zero attached hydrogens (tertiary/aromatic N) is 2. The van der Waals surface area contributed by atoms with E-state index in [0.717, 1.165) is 28.2 Å². The van der Waals surface area contributed by atoms with Gasteiger partial charge in [0.15, 0.2) is 5.17 Å². The largest absolute Gasteiger partial charge is 0.326 e. The van der Waals surface area contributed by atoms with Crippen LogP contribution in [-0.4, -0.2) is 22.2 Å². The molecule has 0 aliphatic carbocycles. The summed E-state index contributed by atoms with van der Waals surface area (Å²) in [6, 6.07) is 24.8. The van der Waals surface area contributed by atoms with Crippen LogP contribution in [0.15, 0.2) is 83.9 Å². The molecule has 6 heteroatoms. The molecule has 31 heavy (non-hydrogen) atoms. The average molecular weight is 430 g/mol. The van der Waals surface area contributed by atoms with Crippen molar-refractivity contribution in [3.05, 3.63) is 90.0 Å². The summed E-state index contributed by atoms with van der Waals surface area (Å²) in [7, 11) is 0. The van der Waals surface area contributed by atoms with Crippen molar-refractivity contribution >= 4 is 45.8 Å². The maximum Gasteiger partial charge on any atom is 0.247 e. The van der Waals surface area contributed by atoms with Gasteiger partial charge >= 0.3 is 0 Å². The summed E-state index contributed by atoms with van der Waals surface area (Å²) >= 11 is 1.33. The van der Waals surface area contributed by atoms with E-state index in [2.05, 4.69) is 10.3 Å². The molecule has 4 rings (SSSR count). The fourth-order valence-corrected chi connectivity index (χ4v) is 4.58. The molecule has 0 bridgehead atoms. The van der Waals surface area contributed by atoms with Crippen LogP contribution in [0.5, 0.6) is 0 Å². The minimum absolute atomic E-state index is 0.0773. The number of aryl methyl sites for hydroxylation is 2. The van der Waals surface area contributed by atoms with Gasteiger partial charge < -0.3 is 5.32 Å². The third-order valence-corrected chi connectivity index (χ3v) is 6.09. The fraction of sp³-hybridized carbons (Fsp3) is 0.160. The van der Waals surface area contributed by atoms with Crippen LogP contribution >= 0.6 is 11.8 Å². The summed E-state index contributed by atoms with van der Waals surface area (Å²) in [6.45, 7) is 3.97. The van der Waals surface area contributed by atoms with Gasteiger partial charge in [-0.25, -0.2) is 4.99 Å². The van der Waals surface area contributed by atoms with Crippen molar-refractivity contribution in [1.82, 2.24) is 0 Å². The van der Waals surface area contributed by atoms with Crippen molar-refractivity contribution in [2.45, 2.75) is 25.5 Å². The molecule has 0 spiro atoms. The van der Waals surface area contributed by atoms with Gasteiger partial charge in [0.1, 0.15) is 5.25 Å². The number of rotatable bonds is 5. The van der Waals surface area contributed by atoms with Gasteiger partial charge in [0, 0.05) is 12.1 Å². The lowest BCUT2D eigenvalue weighted by molar-refractivity contribution is -0.121. The van der Waals surface area contributed by atoms with Crippen molar-refractivity contribution in [2.75, 3.05) is 10.2 Å². The molecule has 1 aliphatic heterocycles. The van der Waals surface area contributed by atoms with E-state index in [1.165, 1.54) is 11.8 Å². The third kappa shape index (κ3) is 4.86. The number of hydrogen-bond acceptors (Lipinski definition) is 4. The van der Waals surface area contributed by atoms with E-state index in [9.17, 15) is 9.59 Å². The lowest BCUT2D eigenvalue weighted by Gasteiger charge is -2.16. The molecule has 0 radical (unpaired) electrons. The predicted molar refractivity (Wildman–Crippen MR) is 128 cm³/mol. The van der Waals surface area contributed by atoms with Gasteiger partial charge in [-0.05, 0) is 49.7 Å². The monoisotopic (exact) mass is 429 g/mol. The number of anilines is 2. The zero-order valence-corrected chi connectivity index (χ0v) is 18.2. The van der Waals surface area contributed by atoms with Crippen LogP contribution in [0.25, 0.3) is 0 Å². The third-order valence-electron chi connectivity index (χ3n) is 4.96. The Morgan fingerprint density at radius 3 is 2.35 bits per heavy atom. The zero-order valence-electron chi connectivity index (χ0n) is 17.4. The highest BCUT2D eigenvalue weighted by Gasteiger charge is 2.40. The Kier molecular flexibility index (Phi) is 6.18. The molecule has 1 atom stereocenters. The Labute approximate surface area is 186 Å². The minimum atomic E-state index is -0.534. The van der Waals surface area contributed by atoms with Crippen LogP contribution < -0.4 is 10.2 Å². The summed E-state index contributed by atoms with van der Waals surface area (Å²) in [6.07, 6.45) is 0.0773. The van der Waals surface area contributed by atoms with Gasteiger partial charge in [-0.3, -0.25) is 14.5 Å². The van der Waals surface area contributed by atoms with Crippen LogP contribution in [0, 0.1) is 13.8 Å². The molecule has 2 amide bonds. The molecule has 1 fully saturated rings. The first-order valence-corrected chi connectivity index (χ1v) is 11.0. The summed E-state index contributed by atoms with van der Waals surface area (Å²) in [5.74, 6) is -0.326. The van der Waals surface area contributed by atoms with E-state index in [1.54, 1.807) is 4.90 Å².